The molecular weight excluding hydrogens is 458 g/mol. The van der Waals surface area contributed by atoms with Crippen molar-refractivity contribution in [2.24, 2.45) is 0 Å². The van der Waals surface area contributed by atoms with Crippen molar-refractivity contribution < 1.29 is 9.47 Å². The minimum atomic E-state index is -0.110. The van der Waals surface area contributed by atoms with Gasteiger partial charge in [-0.2, -0.15) is 0 Å². The maximum absolute atomic E-state index is 5.89. The van der Waals surface area contributed by atoms with Crippen molar-refractivity contribution in [2.75, 3.05) is 11.7 Å². The van der Waals surface area contributed by atoms with E-state index >= 15 is 0 Å². The lowest BCUT2D eigenvalue weighted by atomic mass is 9.96. The third-order valence-electron chi connectivity index (χ3n) is 6.73. The van der Waals surface area contributed by atoms with E-state index < -0.39 is 0 Å². The molecular formula is C27H25N5O2S. The summed E-state index contributed by atoms with van der Waals surface area (Å²) in [5, 5.41) is 4.20. The smallest absolute Gasteiger partial charge is 0.231 e. The summed E-state index contributed by atoms with van der Waals surface area (Å²) in [6, 6.07) is 18.1. The second kappa shape index (κ2) is 8.70. The number of ether oxygens (including phenoxy) is 2. The highest BCUT2D eigenvalue weighted by Gasteiger charge is 2.42. The number of hydrogen-bond acceptors (Lipinski definition) is 5. The second-order valence-electron chi connectivity index (χ2n) is 8.81. The van der Waals surface area contributed by atoms with Crippen LogP contribution in [0.2, 0.25) is 0 Å². The molecule has 0 spiro atoms. The Morgan fingerprint density at radius 1 is 1.03 bits per heavy atom. The van der Waals surface area contributed by atoms with E-state index in [1.165, 1.54) is 17.0 Å². The Morgan fingerprint density at radius 2 is 1.91 bits per heavy atom. The number of thiocarbonyl (C=S) groups is 1. The summed E-state index contributed by atoms with van der Waals surface area (Å²) in [5.74, 6) is 1.48. The maximum atomic E-state index is 5.89. The molecule has 0 amide bonds. The number of rotatable bonds is 5. The number of aryl methyl sites for hydroxylation is 1. The van der Waals surface area contributed by atoms with Gasteiger partial charge >= 0.3 is 0 Å². The van der Waals surface area contributed by atoms with Crippen LogP contribution in [-0.2, 0) is 6.54 Å². The van der Waals surface area contributed by atoms with E-state index in [-0.39, 0.29) is 18.9 Å². The first kappa shape index (κ1) is 21.6. The Morgan fingerprint density at radius 3 is 2.71 bits per heavy atom. The molecule has 0 bridgehead atoms. The van der Waals surface area contributed by atoms with Crippen molar-refractivity contribution in [3.8, 4) is 11.5 Å². The zero-order valence-corrected chi connectivity index (χ0v) is 20.3. The van der Waals surface area contributed by atoms with Crippen LogP contribution >= 0.6 is 12.2 Å². The van der Waals surface area contributed by atoms with Crippen LogP contribution in [0.25, 0.3) is 0 Å². The normalized spacial score (nSPS) is 18.7. The average Bonchev–Trinajstić information content (AvgIpc) is 3.56. The number of hydrogen-bond donors (Lipinski definition) is 1. The van der Waals surface area contributed by atoms with Crippen molar-refractivity contribution in [3.63, 3.8) is 0 Å². The summed E-state index contributed by atoms with van der Waals surface area (Å²) in [5.41, 5.74) is 6.63. The number of nitrogens with one attached hydrogen (secondary N) is 1. The Balaban J connectivity index is 1.46. The number of pyridine rings is 2. The summed E-state index contributed by atoms with van der Waals surface area (Å²) in [6.07, 6.45) is 5.54. The van der Waals surface area contributed by atoms with E-state index in [0.717, 1.165) is 35.0 Å². The predicted molar refractivity (Wildman–Crippen MR) is 138 cm³/mol. The molecule has 0 unspecified atom stereocenters. The van der Waals surface area contributed by atoms with E-state index in [4.69, 9.17) is 21.7 Å². The fraction of sp³-hybridized carbons (Fsp3) is 0.222. The highest BCUT2D eigenvalue weighted by molar-refractivity contribution is 7.80. The molecule has 176 valence electrons. The minimum Gasteiger partial charge on any atom is -0.454 e. The highest BCUT2D eigenvalue weighted by Crippen LogP contribution is 2.45. The molecule has 0 saturated carbocycles. The lowest BCUT2D eigenvalue weighted by Gasteiger charge is -2.28. The summed E-state index contributed by atoms with van der Waals surface area (Å²) in [6.45, 7) is 5.31. The molecule has 0 radical (unpaired) electrons. The molecule has 4 aromatic rings. The molecule has 1 fully saturated rings. The molecule has 0 aliphatic carbocycles. The van der Waals surface area contributed by atoms with Crippen molar-refractivity contribution in [2.45, 2.75) is 32.5 Å². The molecule has 7 nitrogen and oxygen atoms in total. The zero-order valence-electron chi connectivity index (χ0n) is 19.5. The second-order valence-corrected chi connectivity index (χ2v) is 9.19. The van der Waals surface area contributed by atoms with Crippen molar-refractivity contribution >= 4 is 23.0 Å². The van der Waals surface area contributed by atoms with E-state index in [0.29, 0.717) is 5.11 Å². The molecule has 5 heterocycles. The molecule has 8 heteroatoms. The first-order valence-electron chi connectivity index (χ1n) is 11.6. The quantitative estimate of drug-likeness (QED) is 0.407. The monoisotopic (exact) mass is 483 g/mol. The minimum absolute atomic E-state index is 0.0911. The fourth-order valence-corrected chi connectivity index (χ4v) is 5.37. The molecule has 35 heavy (non-hydrogen) atoms. The Labute approximate surface area is 209 Å². The third-order valence-corrected chi connectivity index (χ3v) is 7.04. The zero-order chi connectivity index (χ0) is 23.9. The first-order valence-corrected chi connectivity index (χ1v) is 12.0. The summed E-state index contributed by atoms with van der Waals surface area (Å²) in [7, 11) is 0. The van der Waals surface area contributed by atoms with Gasteiger partial charge in [-0.1, -0.05) is 12.1 Å². The van der Waals surface area contributed by atoms with Crippen LogP contribution in [0.4, 0.5) is 5.69 Å². The van der Waals surface area contributed by atoms with E-state index in [1.807, 2.05) is 54.9 Å². The van der Waals surface area contributed by atoms with Gasteiger partial charge < -0.3 is 24.3 Å². The van der Waals surface area contributed by atoms with E-state index in [1.54, 1.807) is 6.20 Å². The van der Waals surface area contributed by atoms with Crippen LogP contribution in [0.3, 0.4) is 0 Å². The third kappa shape index (κ3) is 3.80. The molecule has 2 aliphatic heterocycles. The van der Waals surface area contributed by atoms with Gasteiger partial charge in [0.1, 0.15) is 0 Å². The lowest BCUT2D eigenvalue weighted by molar-refractivity contribution is 0.174. The van der Waals surface area contributed by atoms with Gasteiger partial charge in [0.15, 0.2) is 16.6 Å². The van der Waals surface area contributed by atoms with Gasteiger partial charge in [-0.25, -0.2) is 0 Å². The maximum Gasteiger partial charge on any atom is 0.231 e. The number of aromatic nitrogens is 3. The molecule has 2 aliphatic rings. The van der Waals surface area contributed by atoms with Crippen LogP contribution < -0.4 is 19.7 Å². The van der Waals surface area contributed by atoms with Gasteiger partial charge in [0.05, 0.1) is 17.8 Å². The van der Waals surface area contributed by atoms with Crippen LogP contribution in [0.1, 0.15) is 40.3 Å². The predicted octanol–water partition coefficient (Wildman–Crippen LogP) is 4.85. The number of anilines is 1. The van der Waals surface area contributed by atoms with Gasteiger partial charge in [-0.3, -0.25) is 9.97 Å². The molecule has 2 atom stereocenters. The van der Waals surface area contributed by atoms with Crippen LogP contribution in [0.15, 0.2) is 73.2 Å². The molecule has 1 N–H and O–H groups in total. The summed E-state index contributed by atoms with van der Waals surface area (Å²) in [4.78, 5) is 11.1. The molecule has 1 aromatic carbocycles. The van der Waals surface area contributed by atoms with Crippen LogP contribution in [-0.4, -0.2) is 26.4 Å². The topological polar surface area (TPSA) is 64.4 Å². The van der Waals surface area contributed by atoms with Gasteiger partial charge in [0, 0.05) is 48.3 Å². The number of nitrogens with zero attached hydrogens (tertiary/aromatic N) is 4. The van der Waals surface area contributed by atoms with Crippen LogP contribution in [0, 0.1) is 13.8 Å². The molecule has 3 aromatic heterocycles. The highest BCUT2D eigenvalue weighted by atomic mass is 32.1. The van der Waals surface area contributed by atoms with Crippen molar-refractivity contribution in [1.82, 2.24) is 19.9 Å². The summed E-state index contributed by atoms with van der Waals surface area (Å²) >= 11 is 5.89. The number of fused-ring (bicyclic) bond motifs is 1. The van der Waals surface area contributed by atoms with Crippen molar-refractivity contribution in [1.29, 1.82) is 0 Å². The Kier molecular flexibility index (Phi) is 5.37. The molecule has 1 saturated heterocycles. The Hall–Kier alpha value is -3.91. The van der Waals surface area contributed by atoms with Gasteiger partial charge in [0.2, 0.25) is 6.79 Å². The SMILES string of the molecule is Cc1cc([C@@H]2[C@H](c3ccccn3)NC(=S)N2c2ccc3c(c2)OCO3)c(C)n1Cc1cccnc1. The Bertz CT molecular complexity index is 1390. The average molecular weight is 484 g/mol. The van der Waals surface area contributed by atoms with Gasteiger partial charge in [-0.05, 0) is 73.6 Å². The molecule has 6 rings (SSSR count). The van der Waals surface area contributed by atoms with E-state index in [2.05, 4.69) is 50.7 Å². The largest absolute Gasteiger partial charge is 0.454 e. The fourth-order valence-electron chi connectivity index (χ4n) is 5.03. The van der Waals surface area contributed by atoms with Gasteiger partial charge in [0.25, 0.3) is 0 Å². The van der Waals surface area contributed by atoms with E-state index in [9.17, 15) is 0 Å². The lowest BCUT2D eigenvalue weighted by Crippen LogP contribution is -2.29. The first-order chi connectivity index (χ1) is 17.1. The van der Waals surface area contributed by atoms with Crippen molar-refractivity contribution in [3.05, 3.63) is 101 Å². The number of benzene rings is 1. The van der Waals surface area contributed by atoms with Crippen LogP contribution in [0.5, 0.6) is 11.5 Å². The summed E-state index contributed by atoms with van der Waals surface area (Å²) < 4.78 is 13.5. The standard InChI is InChI=1S/C27H25N5O2S/c1-17-12-21(18(2)31(17)15-19-6-5-10-28-14-19)26-25(22-7-3-4-11-29-22)30-27(35)32(26)20-8-9-23-24(13-20)34-16-33-23/h3-14,25-26H,15-16H2,1-2H3,(H,30,35)/t25-,26+/m0/s1. The van der Waals surface area contributed by atoms with Gasteiger partial charge in [-0.15, -0.1) is 0 Å².